The molecule has 0 saturated carbocycles. The van der Waals surface area contributed by atoms with Gasteiger partial charge in [0.15, 0.2) is 6.10 Å². The molecule has 0 aliphatic rings. The van der Waals surface area contributed by atoms with Crippen molar-refractivity contribution in [3.63, 3.8) is 0 Å². The second-order valence-corrected chi connectivity index (χ2v) is 5.27. The number of aromatic nitrogens is 2. The maximum atomic E-state index is 13.0. The Morgan fingerprint density at radius 2 is 1.92 bits per heavy atom. The molecule has 0 bridgehead atoms. The van der Waals surface area contributed by atoms with Crippen molar-refractivity contribution in [1.29, 1.82) is 0 Å². The van der Waals surface area contributed by atoms with E-state index in [2.05, 4.69) is 5.10 Å². The molecule has 24 heavy (non-hydrogen) atoms. The number of benzene rings is 1. The molecule has 1 unspecified atom stereocenters. The Morgan fingerprint density at radius 3 is 2.46 bits per heavy atom. The molecule has 5 nitrogen and oxygen atoms in total. The van der Waals surface area contributed by atoms with Gasteiger partial charge in [-0.05, 0) is 31.2 Å². The molecule has 2 rings (SSSR count). The maximum Gasteiger partial charge on any atom is 0.416 e. The number of hydrogen-bond acceptors (Lipinski definition) is 3. The zero-order valence-electron chi connectivity index (χ0n) is 12.9. The van der Waals surface area contributed by atoms with E-state index >= 15 is 0 Å². The predicted octanol–water partition coefficient (Wildman–Crippen LogP) is 2.32. The Balaban J connectivity index is 2.21. The monoisotopic (exact) mass is 345 g/mol. The first-order chi connectivity index (χ1) is 11.1. The molecule has 2 aromatic rings. The van der Waals surface area contributed by atoms with Crippen LogP contribution in [0.15, 0.2) is 30.5 Å². The Bertz CT molecular complexity index is 725. The quantitative estimate of drug-likeness (QED) is 0.865. The van der Waals surface area contributed by atoms with Crippen LogP contribution in [0.1, 0.15) is 16.1 Å². The van der Waals surface area contributed by atoms with Gasteiger partial charge < -0.3 is 10.0 Å². The van der Waals surface area contributed by atoms with Gasteiger partial charge in [-0.2, -0.15) is 18.3 Å². The molecular weight excluding hydrogens is 330 g/mol. The summed E-state index contributed by atoms with van der Waals surface area (Å²) in [5.74, 6) is -1.13. The van der Waals surface area contributed by atoms with Crippen molar-refractivity contribution in [2.75, 3.05) is 13.6 Å². The summed E-state index contributed by atoms with van der Waals surface area (Å²) in [6, 6.07) is 5.37. The minimum Gasteiger partial charge on any atom is -0.382 e. The third-order valence-electron chi connectivity index (χ3n) is 3.48. The number of nitrogens with zero attached hydrogens (tertiary/aromatic N) is 3. The minimum atomic E-state index is -4.80. The van der Waals surface area contributed by atoms with E-state index in [0.29, 0.717) is 11.4 Å². The van der Waals surface area contributed by atoms with Crippen molar-refractivity contribution < 1.29 is 27.5 Å². The third kappa shape index (κ3) is 3.73. The first kappa shape index (κ1) is 17.9. The van der Waals surface area contributed by atoms with Crippen molar-refractivity contribution >= 4 is 5.91 Å². The molecule has 0 radical (unpaired) electrons. The highest BCUT2D eigenvalue weighted by Crippen LogP contribution is 2.21. The van der Waals surface area contributed by atoms with Gasteiger partial charge in [0.2, 0.25) is 0 Å². The number of aliphatic hydroxyl groups is 1. The lowest BCUT2D eigenvalue weighted by Crippen LogP contribution is -2.41. The fraction of sp³-hybridized carbons (Fsp3) is 0.333. The lowest BCUT2D eigenvalue weighted by molar-refractivity contribution is -0.205. The van der Waals surface area contributed by atoms with Crippen LogP contribution in [0.2, 0.25) is 0 Å². The van der Waals surface area contributed by atoms with E-state index in [0.717, 1.165) is 11.9 Å². The average Bonchev–Trinajstić information content (AvgIpc) is 2.88. The van der Waals surface area contributed by atoms with Crippen LogP contribution < -0.4 is 0 Å². The van der Waals surface area contributed by atoms with Crippen molar-refractivity contribution in [1.82, 2.24) is 14.7 Å². The first-order valence-electron chi connectivity index (χ1n) is 6.92. The zero-order chi connectivity index (χ0) is 18.1. The zero-order valence-corrected chi connectivity index (χ0v) is 12.9. The normalized spacial score (nSPS) is 13.0. The van der Waals surface area contributed by atoms with Gasteiger partial charge in [0.25, 0.3) is 5.91 Å². The summed E-state index contributed by atoms with van der Waals surface area (Å²) in [5, 5.41) is 13.1. The van der Waals surface area contributed by atoms with Crippen LogP contribution in [-0.2, 0) is 0 Å². The van der Waals surface area contributed by atoms with Crippen molar-refractivity contribution in [2.24, 2.45) is 0 Å². The highest BCUT2D eigenvalue weighted by molar-refractivity contribution is 5.95. The van der Waals surface area contributed by atoms with Gasteiger partial charge in [0, 0.05) is 7.05 Å². The molecule has 0 spiro atoms. The lowest BCUT2D eigenvalue weighted by Gasteiger charge is -2.22. The van der Waals surface area contributed by atoms with E-state index in [1.807, 2.05) is 0 Å². The van der Waals surface area contributed by atoms with Gasteiger partial charge in [-0.3, -0.25) is 4.79 Å². The second kappa shape index (κ2) is 6.60. The summed E-state index contributed by atoms with van der Waals surface area (Å²) >= 11 is 0. The molecule has 0 fully saturated rings. The number of carbonyl (C=O) groups is 1. The summed E-state index contributed by atoms with van der Waals surface area (Å²) < 4.78 is 51.5. The Hall–Kier alpha value is -2.42. The van der Waals surface area contributed by atoms with Crippen molar-refractivity contribution in [3.05, 3.63) is 47.5 Å². The number of hydrogen-bond donors (Lipinski definition) is 1. The van der Waals surface area contributed by atoms with Crippen LogP contribution in [0.5, 0.6) is 0 Å². The molecule has 1 amide bonds. The van der Waals surface area contributed by atoms with Crippen LogP contribution >= 0.6 is 0 Å². The smallest absolute Gasteiger partial charge is 0.382 e. The number of aliphatic hydroxyl groups excluding tert-OH is 1. The molecule has 1 aromatic heterocycles. The SMILES string of the molecule is Cc1c(C(=O)N(C)CC(O)C(F)(F)F)cnn1-c1ccc(F)cc1. The van der Waals surface area contributed by atoms with Crippen LogP contribution in [0.3, 0.4) is 0 Å². The molecule has 0 aliphatic heterocycles. The summed E-state index contributed by atoms with van der Waals surface area (Å²) in [6.07, 6.45) is -6.21. The Labute approximate surface area is 135 Å². The average molecular weight is 345 g/mol. The summed E-state index contributed by atoms with van der Waals surface area (Å²) in [7, 11) is 1.16. The molecule has 9 heteroatoms. The first-order valence-corrected chi connectivity index (χ1v) is 6.92. The number of amides is 1. The van der Waals surface area contributed by atoms with Crippen LogP contribution in [-0.4, -0.2) is 51.6 Å². The van der Waals surface area contributed by atoms with E-state index in [4.69, 9.17) is 5.11 Å². The number of alkyl halides is 3. The molecule has 1 N–H and O–H groups in total. The van der Waals surface area contributed by atoms with Gasteiger partial charge in [0.1, 0.15) is 5.82 Å². The Morgan fingerprint density at radius 1 is 1.33 bits per heavy atom. The number of likely N-dealkylation sites (N-methyl/N-ethyl adjacent to an activating group) is 1. The fourth-order valence-electron chi connectivity index (χ4n) is 2.11. The van der Waals surface area contributed by atoms with Crippen LogP contribution in [0.25, 0.3) is 5.69 Å². The van der Waals surface area contributed by atoms with Crippen LogP contribution in [0, 0.1) is 12.7 Å². The van der Waals surface area contributed by atoms with Crippen LogP contribution in [0.4, 0.5) is 17.6 Å². The third-order valence-corrected chi connectivity index (χ3v) is 3.48. The van der Waals surface area contributed by atoms with E-state index in [9.17, 15) is 22.4 Å². The predicted molar refractivity (Wildman–Crippen MR) is 77.3 cm³/mol. The topological polar surface area (TPSA) is 58.4 Å². The largest absolute Gasteiger partial charge is 0.416 e. The molecule has 0 aliphatic carbocycles. The van der Waals surface area contributed by atoms with Crippen molar-refractivity contribution in [2.45, 2.75) is 19.2 Å². The van der Waals surface area contributed by atoms with Crippen molar-refractivity contribution in [3.8, 4) is 5.69 Å². The molecule has 1 aromatic carbocycles. The molecule has 1 atom stereocenters. The Kier molecular flexibility index (Phi) is 4.93. The van der Waals surface area contributed by atoms with Gasteiger partial charge >= 0.3 is 6.18 Å². The highest BCUT2D eigenvalue weighted by Gasteiger charge is 2.39. The maximum absolute atomic E-state index is 13.0. The fourth-order valence-corrected chi connectivity index (χ4v) is 2.11. The van der Waals surface area contributed by atoms with Gasteiger partial charge in [-0.1, -0.05) is 0 Å². The standard InChI is InChI=1S/C15H15F4N3O2/c1-9-12(14(24)21(2)8-13(23)15(17,18)19)7-20-22(9)11-5-3-10(16)4-6-11/h3-7,13,23H,8H2,1-2H3. The van der Waals surface area contributed by atoms with Gasteiger partial charge in [0.05, 0.1) is 29.7 Å². The molecule has 0 saturated heterocycles. The van der Waals surface area contributed by atoms with E-state index in [1.54, 1.807) is 6.92 Å². The van der Waals surface area contributed by atoms with E-state index in [-0.39, 0.29) is 5.56 Å². The number of halogens is 4. The molecule has 1 heterocycles. The van der Waals surface area contributed by atoms with E-state index < -0.39 is 30.5 Å². The highest BCUT2D eigenvalue weighted by atomic mass is 19.4. The summed E-state index contributed by atoms with van der Waals surface area (Å²) in [4.78, 5) is 13.0. The minimum absolute atomic E-state index is 0.0937. The van der Waals surface area contributed by atoms with Gasteiger partial charge in [-0.15, -0.1) is 0 Å². The second-order valence-electron chi connectivity index (χ2n) is 5.27. The van der Waals surface area contributed by atoms with E-state index in [1.165, 1.54) is 35.1 Å². The molecular formula is C15H15F4N3O2. The summed E-state index contributed by atoms with van der Waals surface area (Å²) in [6.45, 7) is 0.682. The summed E-state index contributed by atoms with van der Waals surface area (Å²) in [5.41, 5.74) is 0.988. The number of carbonyl (C=O) groups excluding carboxylic acids is 1. The molecule has 130 valence electrons. The lowest BCUT2D eigenvalue weighted by atomic mass is 10.2. The van der Waals surface area contributed by atoms with Gasteiger partial charge in [-0.25, -0.2) is 9.07 Å². The number of rotatable bonds is 4.